The van der Waals surface area contributed by atoms with E-state index in [2.05, 4.69) is 82.3 Å². The molecule has 5 rings (SSSR count). The summed E-state index contributed by atoms with van der Waals surface area (Å²) >= 11 is 0. The van der Waals surface area contributed by atoms with Crippen molar-refractivity contribution in [1.29, 1.82) is 0 Å². The summed E-state index contributed by atoms with van der Waals surface area (Å²) in [7, 11) is -1.08. The van der Waals surface area contributed by atoms with Gasteiger partial charge < -0.3 is 38.3 Å². The highest BCUT2D eigenvalue weighted by Gasteiger charge is 2.52. The molecule has 0 amide bonds. The van der Waals surface area contributed by atoms with Gasteiger partial charge in [-0.05, 0) is 80.8 Å². The first kappa shape index (κ1) is 43.7. The van der Waals surface area contributed by atoms with Gasteiger partial charge in [0.2, 0.25) is 0 Å². The summed E-state index contributed by atoms with van der Waals surface area (Å²) in [6.07, 6.45) is 7.59. The topological polar surface area (TPSA) is 113 Å². The number of carbonyl (C=O) groups excluding carboxylic acids is 1. The van der Waals surface area contributed by atoms with Gasteiger partial charge in [-0.1, -0.05) is 94.4 Å². The molecular formula is C45H68O9Si. The third-order valence-corrected chi connectivity index (χ3v) is 16.6. The van der Waals surface area contributed by atoms with Crippen molar-refractivity contribution in [2.24, 2.45) is 11.3 Å². The Hall–Kier alpha value is -2.41. The van der Waals surface area contributed by atoms with Gasteiger partial charge in [0.05, 0.1) is 55.3 Å². The van der Waals surface area contributed by atoms with Crippen LogP contribution in [0, 0.1) is 11.3 Å². The largest absolute Gasteiger partial charge is 0.465 e. The average Bonchev–Trinajstić information content (AvgIpc) is 3.13. The summed E-state index contributed by atoms with van der Waals surface area (Å²) in [6.45, 7) is 15.1. The molecule has 2 aromatic rings. The summed E-state index contributed by atoms with van der Waals surface area (Å²) in [5.74, 6) is -1.12. The number of hydrogen-bond acceptors (Lipinski definition) is 9. The van der Waals surface area contributed by atoms with Crippen LogP contribution in [0.1, 0.15) is 106 Å². The molecule has 55 heavy (non-hydrogen) atoms. The van der Waals surface area contributed by atoms with E-state index in [1.54, 1.807) is 7.11 Å². The van der Waals surface area contributed by atoms with E-state index < -0.39 is 31.7 Å². The van der Waals surface area contributed by atoms with Crippen LogP contribution in [0.3, 0.4) is 0 Å². The molecule has 306 valence electrons. The molecule has 9 nitrogen and oxygen atoms in total. The Kier molecular flexibility index (Phi) is 15.0. The third-order valence-electron chi connectivity index (χ3n) is 11.6. The Bertz CT molecular complexity index is 1470. The molecule has 2 fully saturated rings. The molecule has 3 aliphatic rings. The predicted octanol–water partition coefficient (Wildman–Crippen LogP) is 6.85. The molecular weight excluding hydrogens is 713 g/mol. The van der Waals surface area contributed by atoms with Gasteiger partial charge in [0.25, 0.3) is 8.32 Å². The molecule has 2 saturated heterocycles. The lowest BCUT2D eigenvalue weighted by Gasteiger charge is -2.49. The van der Waals surface area contributed by atoms with Gasteiger partial charge in [-0.2, -0.15) is 0 Å². The number of esters is 1. The maximum Gasteiger partial charge on any atom is 0.311 e. The number of ether oxygens (including phenoxy) is 5. The first-order chi connectivity index (χ1) is 26.0. The minimum atomic E-state index is -2.81. The number of aliphatic hydroxyl groups excluding tert-OH is 2. The highest BCUT2D eigenvalue weighted by Crippen LogP contribution is 2.41. The molecule has 0 radical (unpaired) electrons. The second-order valence-electron chi connectivity index (χ2n) is 18.1. The Labute approximate surface area is 331 Å². The van der Waals surface area contributed by atoms with Crippen molar-refractivity contribution in [3.8, 4) is 0 Å². The minimum absolute atomic E-state index is 0.00515. The number of carbonyl (C=O) groups is 1. The summed E-state index contributed by atoms with van der Waals surface area (Å²) in [5, 5.41) is 24.6. The van der Waals surface area contributed by atoms with Gasteiger partial charge in [0, 0.05) is 32.3 Å². The maximum atomic E-state index is 12.1. The van der Waals surface area contributed by atoms with Gasteiger partial charge in [-0.25, -0.2) is 0 Å². The van der Waals surface area contributed by atoms with Crippen molar-refractivity contribution in [2.75, 3.05) is 20.3 Å². The quantitative estimate of drug-likeness (QED) is 0.114. The minimum Gasteiger partial charge on any atom is -0.465 e. The Morgan fingerprint density at radius 1 is 0.873 bits per heavy atom. The van der Waals surface area contributed by atoms with E-state index in [1.807, 2.05) is 39.0 Å². The Morgan fingerprint density at radius 3 is 2.07 bits per heavy atom. The lowest BCUT2D eigenvalue weighted by atomic mass is 9.89. The van der Waals surface area contributed by atoms with E-state index in [0.717, 1.165) is 25.7 Å². The molecule has 0 aliphatic carbocycles. The Balaban J connectivity index is 1.19. The molecule has 0 aromatic heterocycles. The van der Waals surface area contributed by atoms with Crippen molar-refractivity contribution in [3.05, 3.63) is 72.8 Å². The van der Waals surface area contributed by atoms with Crippen molar-refractivity contribution in [3.63, 3.8) is 0 Å². The zero-order valence-corrected chi connectivity index (χ0v) is 35.6. The van der Waals surface area contributed by atoms with E-state index in [9.17, 15) is 15.0 Å². The monoisotopic (exact) mass is 780 g/mol. The van der Waals surface area contributed by atoms with E-state index in [0.29, 0.717) is 38.9 Å². The van der Waals surface area contributed by atoms with Crippen LogP contribution >= 0.6 is 0 Å². The first-order valence-corrected chi connectivity index (χ1v) is 22.5. The van der Waals surface area contributed by atoms with Gasteiger partial charge >= 0.3 is 5.97 Å². The van der Waals surface area contributed by atoms with Crippen molar-refractivity contribution in [1.82, 2.24) is 0 Å². The van der Waals surface area contributed by atoms with Gasteiger partial charge in [0.15, 0.2) is 5.79 Å². The summed E-state index contributed by atoms with van der Waals surface area (Å²) in [6, 6.07) is 21.2. The number of aliphatic hydroxyl groups is 2. The summed E-state index contributed by atoms with van der Waals surface area (Å²) in [4.78, 5) is 12.1. The maximum absolute atomic E-state index is 12.1. The molecule has 1 spiro atoms. The van der Waals surface area contributed by atoms with Crippen LogP contribution < -0.4 is 10.4 Å². The standard InChI is InChI=1S/C45H68O9Si/c1-32-22-25-45(53-40(32)30-34(47)28-33(46)29-36-17-15-16-35(52-36)24-27-50-42(48)43(2,3)4)26-23-39(49-8)41(54-45)31-51-55(44(5,6)7,37-18-11-9-12-19-37)38-20-13-10-14-21-38/h9-14,18-22,25,32-36,39-41,46-47H,15-17,23-24,26-31H2,1-8H3/t32-,33-,34-,35+,36-,39-,40+,41+,45-/m0/s1. The zero-order valence-electron chi connectivity index (χ0n) is 34.6. The first-order valence-electron chi connectivity index (χ1n) is 20.6. The van der Waals surface area contributed by atoms with E-state index in [4.69, 9.17) is 28.1 Å². The molecule has 2 N–H and O–H groups in total. The normalized spacial score (nSPS) is 28.8. The molecule has 3 heterocycles. The van der Waals surface area contributed by atoms with E-state index >= 15 is 0 Å². The third kappa shape index (κ3) is 11.2. The van der Waals surface area contributed by atoms with Crippen molar-refractivity contribution in [2.45, 2.75) is 160 Å². The predicted molar refractivity (Wildman–Crippen MR) is 218 cm³/mol. The van der Waals surface area contributed by atoms with Crippen LogP contribution in [0.5, 0.6) is 0 Å². The fourth-order valence-electron chi connectivity index (χ4n) is 8.54. The molecule has 10 heteroatoms. The lowest BCUT2D eigenvalue weighted by molar-refractivity contribution is -0.304. The second kappa shape index (κ2) is 18.9. The number of hydrogen-bond donors (Lipinski definition) is 2. The van der Waals surface area contributed by atoms with Crippen LogP contribution in [-0.4, -0.2) is 93.3 Å². The fraction of sp³-hybridized carbons (Fsp3) is 0.667. The van der Waals surface area contributed by atoms with Crippen LogP contribution in [0.2, 0.25) is 5.04 Å². The smallest absolute Gasteiger partial charge is 0.311 e. The molecule has 0 unspecified atom stereocenters. The van der Waals surface area contributed by atoms with E-state index in [-0.39, 0.29) is 53.9 Å². The van der Waals surface area contributed by atoms with Gasteiger partial charge in [0.1, 0.15) is 6.10 Å². The highest BCUT2D eigenvalue weighted by atomic mass is 28.4. The number of methoxy groups -OCH3 is 1. The fourth-order valence-corrected chi connectivity index (χ4v) is 13.1. The molecule has 2 aromatic carbocycles. The van der Waals surface area contributed by atoms with E-state index in [1.165, 1.54) is 10.4 Å². The lowest BCUT2D eigenvalue weighted by Crippen LogP contribution is -2.67. The second-order valence-corrected chi connectivity index (χ2v) is 22.4. The number of benzene rings is 2. The van der Waals surface area contributed by atoms with Gasteiger partial charge in [-0.15, -0.1) is 0 Å². The van der Waals surface area contributed by atoms with Crippen molar-refractivity contribution < 1.29 is 43.1 Å². The summed E-state index contributed by atoms with van der Waals surface area (Å²) in [5.41, 5.74) is -0.529. The van der Waals surface area contributed by atoms with Crippen LogP contribution in [-0.2, 0) is 32.9 Å². The van der Waals surface area contributed by atoms with Gasteiger partial charge in [-0.3, -0.25) is 4.79 Å². The molecule has 0 saturated carbocycles. The molecule has 3 aliphatic heterocycles. The Morgan fingerprint density at radius 2 is 1.47 bits per heavy atom. The zero-order chi connectivity index (χ0) is 39.9. The average molecular weight is 781 g/mol. The molecule has 9 atom stereocenters. The summed E-state index contributed by atoms with van der Waals surface area (Å²) < 4.78 is 38.7. The SMILES string of the molecule is CO[C@H]1CC[C@]2(C=C[C@H](C)[C@@H](C[C@@H](O)C[C@H](O)C[C@@H]3CCC[C@H](CCOC(=O)C(C)(C)C)O3)O2)O[C@@H]1CO[Si](c1ccccc1)(c1ccccc1)C(C)(C)C. The molecule has 0 bridgehead atoms. The van der Waals surface area contributed by atoms with Crippen LogP contribution in [0.25, 0.3) is 0 Å². The highest BCUT2D eigenvalue weighted by molar-refractivity contribution is 6.99. The van der Waals surface area contributed by atoms with Crippen molar-refractivity contribution >= 4 is 24.7 Å². The van der Waals surface area contributed by atoms with Crippen LogP contribution in [0.15, 0.2) is 72.8 Å². The number of rotatable bonds is 15. The van der Waals surface area contributed by atoms with Crippen LogP contribution in [0.4, 0.5) is 0 Å².